The molecular formula is C17H12FNO3. The van der Waals surface area contributed by atoms with Gasteiger partial charge in [0.2, 0.25) is 17.4 Å². The van der Waals surface area contributed by atoms with Crippen LogP contribution in [0.4, 0.5) is 10.1 Å². The molecule has 0 aliphatic carbocycles. The number of carbonyl (C=O) groups excluding carboxylic acids is 2. The van der Waals surface area contributed by atoms with Gasteiger partial charge < -0.3 is 4.74 Å². The van der Waals surface area contributed by atoms with Crippen LogP contribution in [0.15, 0.2) is 48.5 Å². The zero-order valence-electron chi connectivity index (χ0n) is 11.7. The molecule has 4 rings (SSSR count). The van der Waals surface area contributed by atoms with Gasteiger partial charge in [0.1, 0.15) is 11.9 Å². The number of amides is 1. The van der Waals surface area contributed by atoms with Crippen LogP contribution in [0, 0.1) is 5.82 Å². The van der Waals surface area contributed by atoms with Crippen molar-refractivity contribution in [2.45, 2.75) is 18.8 Å². The molecule has 110 valence electrons. The number of Topliss-reactive ketones (excluding diaryl/α,β-unsaturated/α-hetero) is 1. The van der Waals surface area contributed by atoms with E-state index in [4.69, 9.17) is 4.74 Å². The van der Waals surface area contributed by atoms with Gasteiger partial charge in [-0.15, -0.1) is 0 Å². The van der Waals surface area contributed by atoms with Crippen LogP contribution >= 0.6 is 0 Å². The molecular weight excluding hydrogens is 285 g/mol. The third-order valence-corrected chi connectivity index (χ3v) is 4.13. The van der Waals surface area contributed by atoms with E-state index in [1.54, 1.807) is 36.4 Å². The molecule has 0 aromatic heterocycles. The second-order valence-corrected chi connectivity index (χ2v) is 5.45. The smallest absolute Gasteiger partial charge is 0.244 e. The maximum atomic E-state index is 13.1. The second kappa shape index (κ2) is 4.24. The van der Waals surface area contributed by atoms with Gasteiger partial charge in [0.15, 0.2) is 0 Å². The van der Waals surface area contributed by atoms with E-state index in [0.29, 0.717) is 16.8 Å². The monoisotopic (exact) mass is 297 g/mol. The van der Waals surface area contributed by atoms with Gasteiger partial charge in [-0.25, -0.2) is 4.39 Å². The van der Waals surface area contributed by atoms with Crippen LogP contribution in [0.2, 0.25) is 0 Å². The molecule has 0 unspecified atom stereocenters. The zero-order chi connectivity index (χ0) is 15.5. The molecule has 2 aliphatic rings. The third-order valence-electron chi connectivity index (χ3n) is 4.13. The van der Waals surface area contributed by atoms with Crippen molar-refractivity contribution in [3.63, 3.8) is 0 Å². The molecule has 2 aliphatic heterocycles. The lowest BCUT2D eigenvalue weighted by atomic mass is 10.0. The standard InChI is InChI=1S/C17H12FNO3/c1-10(20)19-14-5-3-2-4-13(14)15(21)17(19)16(22-17)11-6-8-12(18)9-7-11/h2-9,16H,1H3/t16-,17+/m1/s1. The Balaban J connectivity index is 1.81. The van der Waals surface area contributed by atoms with Crippen LogP contribution in [0.1, 0.15) is 28.9 Å². The fourth-order valence-electron chi connectivity index (χ4n) is 3.16. The molecule has 2 atom stereocenters. The predicted molar refractivity (Wildman–Crippen MR) is 76.9 cm³/mol. The van der Waals surface area contributed by atoms with Crippen LogP contribution in [-0.4, -0.2) is 17.4 Å². The van der Waals surface area contributed by atoms with Crippen LogP contribution in [0.25, 0.3) is 0 Å². The Hall–Kier alpha value is -2.53. The first-order valence-corrected chi connectivity index (χ1v) is 6.93. The largest absolute Gasteiger partial charge is 0.332 e. The summed E-state index contributed by atoms with van der Waals surface area (Å²) in [5, 5.41) is 0. The highest BCUT2D eigenvalue weighted by Gasteiger charge is 2.72. The number of nitrogens with zero attached hydrogens (tertiary/aromatic N) is 1. The van der Waals surface area contributed by atoms with Gasteiger partial charge in [-0.1, -0.05) is 24.3 Å². The van der Waals surface area contributed by atoms with E-state index < -0.39 is 11.8 Å². The van der Waals surface area contributed by atoms with Crippen molar-refractivity contribution in [1.29, 1.82) is 0 Å². The summed E-state index contributed by atoms with van der Waals surface area (Å²) in [6.07, 6.45) is -0.572. The first-order chi connectivity index (χ1) is 10.6. The minimum atomic E-state index is -1.31. The number of ether oxygens (including phenoxy) is 1. The molecule has 1 spiro atoms. The Morgan fingerprint density at radius 1 is 1.18 bits per heavy atom. The lowest BCUT2D eigenvalue weighted by molar-refractivity contribution is -0.117. The number of para-hydroxylation sites is 1. The number of rotatable bonds is 1. The molecule has 1 amide bonds. The Bertz CT molecular complexity index is 802. The number of hydrogen-bond acceptors (Lipinski definition) is 3. The topological polar surface area (TPSA) is 49.9 Å². The molecule has 0 radical (unpaired) electrons. The van der Waals surface area contributed by atoms with Gasteiger partial charge in [0, 0.05) is 12.5 Å². The fourth-order valence-corrected chi connectivity index (χ4v) is 3.16. The highest BCUT2D eigenvalue weighted by Crippen LogP contribution is 2.59. The van der Waals surface area contributed by atoms with E-state index in [0.717, 1.165) is 0 Å². The molecule has 1 saturated heterocycles. The number of fused-ring (bicyclic) bond motifs is 1. The Kier molecular flexibility index (Phi) is 2.53. The van der Waals surface area contributed by atoms with E-state index in [2.05, 4.69) is 0 Å². The number of epoxide rings is 1. The van der Waals surface area contributed by atoms with Gasteiger partial charge in [0.05, 0.1) is 5.69 Å². The number of hydrogen-bond donors (Lipinski definition) is 0. The number of halogens is 1. The summed E-state index contributed by atoms with van der Waals surface area (Å²) in [4.78, 5) is 26.2. The van der Waals surface area contributed by atoms with Crippen molar-refractivity contribution >= 4 is 17.4 Å². The van der Waals surface area contributed by atoms with Gasteiger partial charge in [-0.3, -0.25) is 14.5 Å². The summed E-state index contributed by atoms with van der Waals surface area (Å²) >= 11 is 0. The number of ketones is 1. The fraction of sp³-hybridized carbons (Fsp3) is 0.176. The minimum Gasteiger partial charge on any atom is -0.332 e. The number of anilines is 1. The summed E-state index contributed by atoms with van der Waals surface area (Å²) in [6.45, 7) is 1.40. The SMILES string of the molecule is CC(=O)N1c2ccccc2C(=O)[C@@]12O[C@@H]2c1ccc(F)cc1. The highest BCUT2D eigenvalue weighted by molar-refractivity contribution is 6.21. The van der Waals surface area contributed by atoms with Crippen LogP contribution in [-0.2, 0) is 9.53 Å². The predicted octanol–water partition coefficient (Wildman–Crippen LogP) is 2.84. The third kappa shape index (κ3) is 1.54. The molecule has 22 heavy (non-hydrogen) atoms. The van der Waals surface area contributed by atoms with Gasteiger partial charge in [-0.05, 0) is 29.8 Å². The maximum absolute atomic E-state index is 13.1. The van der Waals surface area contributed by atoms with Crippen LogP contribution < -0.4 is 4.90 Å². The molecule has 2 heterocycles. The summed E-state index contributed by atoms with van der Waals surface area (Å²) in [5.41, 5.74) is 0.397. The molecule has 5 heteroatoms. The van der Waals surface area contributed by atoms with Gasteiger partial charge in [-0.2, -0.15) is 0 Å². The zero-order valence-corrected chi connectivity index (χ0v) is 11.7. The first-order valence-electron chi connectivity index (χ1n) is 6.93. The molecule has 0 bridgehead atoms. The molecule has 2 aromatic rings. The first kappa shape index (κ1) is 13.2. The molecule has 2 aromatic carbocycles. The number of benzene rings is 2. The summed E-state index contributed by atoms with van der Waals surface area (Å²) < 4.78 is 18.8. The van der Waals surface area contributed by atoms with Gasteiger partial charge in [0.25, 0.3) is 0 Å². The van der Waals surface area contributed by atoms with Crippen molar-refractivity contribution < 1.29 is 18.7 Å². The van der Waals surface area contributed by atoms with Crippen LogP contribution in [0.5, 0.6) is 0 Å². The quantitative estimate of drug-likeness (QED) is 0.761. The van der Waals surface area contributed by atoms with Crippen molar-refractivity contribution in [3.05, 3.63) is 65.5 Å². The van der Waals surface area contributed by atoms with Crippen LogP contribution in [0.3, 0.4) is 0 Å². The summed E-state index contributed by atoms with van der Waals surface area (Å²) in [7, 11) is 0. The highest BCUT2D eigenvalue weighted by atomic mass is 19.1. The number of carbonyl (C=O) groups is 2. The normalized spacial score (nSPS) is 25.5. The summed E-state index contributed by atoms with van der Waals surface area (Å²) in [5.74, 6) is -0.849. The Morgan fingerprint density at radius 3 is 2.55 bits per heavy atom. The lowest BCUT2D eigenvalue weighted by Gasteiger charge is -2.20. The average Bonchev–Trinajstić information content (AvgIpc) is 3.17. The van der Waals surface area contributed by atoms with E-state index in [9.17, 15) is 14.0 Å². The maximum Gasteiger partial charge on any atom is 0.244 e. The van der Waals surface area contributed by atoms with Crippen molar-refractivity contribution in [3.8, 4) is 0 Å². The lowest BCUT2D eigenvalue weighted by Crippen LogP contribution is -2.43. The molecule has 1 fully saturated rings. The van der Waals surface area contributed by atoms with E-state index in [1.807, 2.05) is 0 Å². The van der Waals surface area contributed by atoms with E-state index in [1.165, 1.54) is 24.0 Å². The van der Waals surface area contributed by atoms with Gasteiger partial charge >= 0.3 is 0 Å². The summed E-state index contributed by atoms with van der Waals surface area (Å²) in [6, 6.07) is 12.7. The van der Waals surface area contributed by atoms with E-state index >= 15 is 0 Å². The Morgan fingerprint density at radius 2 is 1.86 bits per heavy atom. The molecule has 0 saturated carbocycles. The van der Waals surface area contributed by atoms with Crippen molar-refractivity contribution in [1.82, 2.24) is 0 Å². The Labute approximate surface area is 126 Å². The van der Waals surface area contributed by atoms with E-state index in [-0.39, 0.29) is 17.5 Å². The second-order valence-electron chi connectivity index (χ2n) is 5.45. The minimum absolute atomic E-state index is 0.229. The average molecular weight is 297 g/mol. The van der Waals surface area contributed by atoms with Crippen molar-refractivity contribution in [2.75, 3.05) is 4.90 Å². The van der Waals surface area contributed by atoms with Crippen molar-refractivity contribution in [2.24, 2.45) is 0 Å². The molecule has 0 N–H and O–H groups in total. The molecule has 4 nitrogen and oxygen atoms in total.